The number of rotatable bonds is 6. The van der Waals surface area contributed by atoms with Gasteiger partial charge in [0.1, 0.15) is 0 Å². The van der Waals surface area contributed by atoms with Gasteiger partial charge in [-0.2, -0.15) is 0 Å². The first-order chi connectivity index (χ1) is 8.45. The number of hydrogen-bond donors (Lipinski definition) is 1. The molecule has 0 spiro atoms. The fourth-order valence-corrected chi connectivity index (χ4v) is 2.31. The molecule has 1 aromatic rings. The van der Waals surface area contributed by atoms with Gasteiger partial charge in [-0.15, -0.1) is 0 Å². The van der Waals surface area contributed by atoms with E-state index >= 15 is 0 Å². The Kier molecular flexibility index (Phi) is 5.83. The molecule has 1 aromatic carbocycles. The molecule has 0 aliphatic heterocycles. The summed E-state index contributed by atoms with van der Waals surface area (Å²) in [6.45, 7) is 9.25. The summed E-state index contributed by atoms with van der Waals surface area (Å²) in [6, 6.07) is 6.80. The normalized spacial score (nSPS) is 14.8. The van der Waals surface area contributed by atoms with Gasteiger partial charge in [-0.3, -0.25) is 0 Å². The van der Waals surface area contributed by atoms with E-state index in [1.54, 1.807) is 0 Å². The van der Waals surface area contributed by atoms with E-state index in [1.807, 2.05) is 0 Å². The van der Waals surface area contributed by atoms with Crippen LogP contribution in [0.4, 0.5) is 0 Å². The molecule has 2 heteroatoms. The third-order valence-corrected chi connectivity index (χ3v) is 3.71. The highest BCUT2D eigenvalue weighted by Gasteiger charge is 2.16. The molecule has 0 aromatic heterocycles. The topological polar surface area (TPSA) is 23.5 Å². The van der Waals surface area contributed by atoms with Crippen molar-refractivity contribution in [3.05, 3.63) is 34.9 Å². The van der Waals surface area contributed by atoms with Gasteiger partial charge in [-0.25, -0.2) is 0 Å². The molecular weight excluding hydrogens is 222 g/mol. The van der Waals surface area contributed by atoms with Gasteiger partial charge in [-0.1, -0.05) is 37.1 Å². The van der Waals surface area contributed by atoms with Crippen LogP contribution < -0.4 is 0 Å². The molecule has 1 N–H and O–H groups in total. The monoisotopic (exact) mass is 249 g/mol. The fourth-order valence-electron chi connectivity index (χ4n) is 2.31. The van der Waals surface area contributed by atoms with Crippen molar-refractivity contribution in [3.63, 3.8) is 0 Å². The van der Waals surface area contributed by atoms with E-state index in [4.69, 9.17) is 0 Å². The number of aliphatic hydroxyl groups is 1. The summed E-state index contributed by atoms with van der Waals surface area (Å²) in [5.41, 5.74) is 3.44. The molecule has 18 heavy (non-hydrogen) atoms. The van der Waals surface area contributed by atoms with Gasteiger partial charge in [0.15, 0.2) is 0 Å². The lowest BCUT2D eigenvalue weighted by molar-refractivity contribution is 0.105. The molecule has 0 radical (unpaired) electrons. The number of likely N-dealkylation sites (N-methyl/N-ethyl adjacent to an activating group) is 1. The molecule has 0 heterocycles. The van der Waals surface area contributed by atoms with E-state index in [1.165, 1.54) is 24.0 Å². The van der Waals surface area contributed by atoms with Crippen LogP contribution in [0, 0.1) is 13.8 Å². The van der Waals surface area contributed by atoms with Crippen LogP contribution in [0.5, 0.6) is 0 Å². The molecule has 0 fully saturated rings. The van der Waals surface area contributed by atoms with Crippen molar-refractivity contribution in [2.24, 2.45) is 0 Å². The number of aliphatic hydroxyl groups excluding tert-OH is 1. The van der Waals surface area contributed by atoms with Gasteiger partial charge in [0.2, 0.25) is 0 Å². The third-order valence-electron chi connectivity index (χ3n) is 3.71. The molecule has 0 aliphatic carbocycles. The minimum absolute atomic E-state index is 0.394. The summed E-state index contributed by atoms with van der Waals surface area (Å²) in [7, 11) is 2.09. The average Bonchev–Trinajstić information content (AvgIpc) is 2.32. The Morgan fingerprint density at radius 1 is 1.28 bits per heavy atom. The minimum atomic E-state index is -0.394. The third kappa shape index (κ3) is 4.11. The van der Waals surface area contributed by atoms with Crippen molar-refractivity contribution in [3.8, 4) is 0 Å². The number of aryl methyl sites for hydroxylation is 2. The second-order valence-corrected chi connectivity index (χ2v) is 5.45. The quantitative estimate of drug-likeness (QED) is 0.834. The maximum absolute atomic E-state index is 10.4. The van der Waals surface area contributed by atoms with Gasteiger partial charge in [0.25, 0.3) is 0 Å². The molecule has 2 nitrogen and oxygen atoms in total. The predicted molar refractivity (Wildman–Crippen MR) is 77.9 cm³/mol. The lowest BCUT2D eigenvalue weighted by atomic mass is 10.00. The van der Waals surface area contributed by atoms with Crippen molar-refractivity contribution in [2.45, 2.75) is 52.7 Å². The summed E-state index contributed by atoms with van der Waals surface area (Å²) >= 11 is 0. The Morgan fingerprint density at radius 2 is 1.94 bits per heavy atom. The van der Waals surface area contributed by atoms with Crippen LogP contribution in [0.1, 0.15) is 49.5 Å². The average molecular weight is 249 g/mol. The van der Waals surface area contributed by atoms with Crippen molar-refractivity contribution >= 4 is 0 Å². The zero-order valence-corrected chi connectivity index (χ0v) is 12.4. The van der Waals surface area contributed by atoms with Crippen LogP contribution in [-0.2, 0) is 0 Å². The van der Waals surface area contributed by atoms with Crippen LogP contribution in [0.15, 0.2) is 18.2 Å². The zero-order valence-electron chi connectivity index (χ0n) is 12.4. The number of benzene rings is 1. The molecule has 1 rings (SSSR count). The van der Waals surface area contributed by atoms with Crippen LogP contribution in [0.2, 0.25) is 0 Å². The maximum atomic E-state index is 10.4. The highest BCUT2D eigenvalue weighted by molar-refractivity contribution is 5.32. The number of hydrogen-bond acceptors (Lipinski definition) is 2. The van der Waals surface area contributed by atoms with Crippen LogP contribution in [-0.4, -0.2) is 29.6 Å². The zero-order chi connectivity index (χ0) is 13.7. The Hall–Kier alpha value is -0.860. The molecule has 0 aliphatic rings. The summed E-state index contributed by atoms with van der Waals surface area (Å²) in [4.78, 5) is 2.25. The highest BCUT2D eigenvalue weighted by Crippen LogP contribution is 2.21. The Morgan fingerprint density at radius 3 is 2.56 bits per heavy atom. The number of nitrogens with zero attached hydrogens (tertiary/aromatic N) is 1. The van der Waals surface area contributed by atoms with Crippen molar-refractivity contribution in [2.75, 3.05) is 13.6 Å². The van der Waals surface area contributed by atoms with E-state index in [-0.39, 0.29) is 0 Å². The van der Waals surface area contributed by atoms with E-state index in [2.05, 4.69) is 57.8 Å². The first kappa shape index (κ1) is 15.2. The van der Waals surface area contributed by atoms with Gasteiger partial charge in [0, 0.05) is 12.6 Å². The van der Waals surface area contributed by atoms with Gasteiger partial charge < -0.3 is 10.0 Å². The lowest BCUT2D eigenvalue weighted by Gasteiger charge is -2.27. The van der Waals surface area contributed by atoms with Gasteiger partial charge >= 0.3 is 0 Å². The van der Waals surface area contributed by atoms with Crippen molar-refractivity contribution in [1.82, 2.24) is 4.90 Å². The van der Waals surface area contributed by atoms with Crippen LogP contribution >= 0.6 is 0 Å². The van der Waals surface area contributed by atoms with Crippen LogP contribution in [0.3, 0.4) is 0 Å². The second kappa shape index (κ2) is 6.91. The first-order valence-corrected chi connectivity index (χ1v) is 6.91. The molecule has 0 amide bonds. The highest BCUT2D eigenvalue weighted by atomic mass is 16.3. The standard InChI is InChI=1S/C16H27NO/c1-6-7-14(4)17(5)11-16(18)15-10-12(2)8-9-13(15)3/h8-10,14,16,18H,6-7,11H2,1-5H3. The Bertz CT molecular complexity index is 375. The van der Waals surface area contributed by atoms with Crippen LogP contribution in [0.25, 0.3) is 0 Å². The van der Waals surface area contributed by atoms with E-state index in [0.717, 1.165) is 5.56 Å². The SMILES string of the molecule is CCCC(C)N(C)CC(O)c1cc(C)ccc1C. The second-order valence-electron chi connectivity index (χ2n) is 5.45. The first-order valence-electron chi connectivity index (χ1n) is 6.91. The molecule has 0 saturated heterocycles. The summed E-state index contributed by atoms with van der Waals surface area (Å²) in [6.07, 6.45) is 1.97. The molecule has 102 valence electrons. The Labute approximate surface area is 112 Å². The molecule has 0 bridgehead atoms. The largest absolute Gasteiger partial charge is 0.387 e. The lowest BCUT2D eigenvalue weighted by Crippen LogP contribution is -2.33. The maximum Gasteiger partial charge on any atom is 0.0919 e. The summed E-state index contributed by atoms with van der Waals surface area (Å²) in [5, 5.41) is 10.4. The van der Waals surface area contributed by atoms with Gasteiger partial charge in [-0.05, 0) is 45.4 Å². The Balaban J connectivity index is 2.69. The molecule has 2 unspecified atom stereocenters. The molecule has 0 saturated carbocycles. The van der Waals surface area contributed by atoms with E-state index in [9.17, 15) is 5.11 Å². The van der Waals surface area contributed by atoms with Crippen molar-refractivity contribution in [1.29, 1.82) is 0 Å². The smallest absolute Gasteiger partial charge is 0.0919 e. The summed E-state index contributed by atoms with van der Waals surface area (Å²) < 4.78 is 0. The molecule has 2 atom stereocenters. The predicted octanol–water partition coefficient (Wildman–Crippen LogP) is 3.46. The van der Waals surface area contributed by atoms with Crippen molar-refractivity contribution < 1.29 is 5.11 Å². The summed E-state index contributed by atoms with van der Waals surface area (Å²) in [5.74, 6) is 0. The minimum Gasteiger partial charge on any atom is -0.387 e. The fraction of sp³-hybridized carbons (Fsp3) is 0.625. The van der Waals surface area contributed by atoms with E-state index < -0.39 is 6.10 Å². The van der Waals surface area contributed by atoms with Gasteiger partial charge in [0.05, 0.1) is 6.10 Å². The molecular formula is C16H27NO. The van der Waals surface area contributed by atoms with E-state index in [0.29, 0.717) is 12.6 Å².